The van der Waals surface area contributed by atoms with Crippen LogP contribution in [0.25, 0.3) is 11.3 Å². The van der Waals surface area contributed by atoms with Crippen LogP contribution in [-0.4, -0.2) is 23.0 Å². The van der Waals surface area contributed by atoms with Crippen molar-refractivity contribution in [2.24, 2.45) is 5.10 Å². The number of aryl methyl sites for hydroxylation is 1. The molecule has 0 bridgehead atoms. The molecular formula is C21H18N4O5. The van der Waals surface area contributed by atoms with Crippen LogP contribution in [0.4, 0.5) is 11.4 Å². The number of carbonyl (C=O) groups excluding carboxylic acids is 2. The predicted molar refractivity (Wildman–Crippen MR) is 111 cm³/mol. The SMILES string of the molecule is CC(=O)Nc1cccc(C(=O)NN=Cc2ccc(-c3ccc(C)c([N+](=O)[O-])c3)o2)c1. The molecule has 2 N–H and O–H groups in total. The summed E-state index contributed by atoms with van der Waals surface area (Å²) < 4.78 is 5.62. The van der Waals surface area contributed by atoms with E-state index in [4.69, 9.17) is 4.42 Å². The second-order valence-electron chi connectivity index (χ2n) is 6.42. The van der Waals surface area contributed by atoms with Gasteiger partial charge in [0.2, 0.25) is 5.91 Å². The molecular weight excluding hydrogens is 388 g/mol. The van der Waals surface area contributed by atoms with E-state index in [1.54, 1.807) is 49.4 Å². The third kappa shape index (κ3) is 4.96. The lowest BCUT2D eigenvalue weighted by Crippen LogP contribution is -2.18. The fraction of sp³-hybridized carbons (Fsp3) is 0.0952. The van der Waals surface area contributed by atoms with Crippen LogP contribution < -0.4 is 10.7 Å². The minimum absolute atomic E-state index is 0.00729. The fourth-order valence-corrected chi connectivity index (χ4v) is 2.70. The average Bonchev–Trinajstić information content (AvgIpc) is 3.16. The minimum atomic E-state index is -0.459. The standard InChI is InChI=1S/C21H18N4O5/c1-13-6-7-15(11-19(13)25(28)29)20-9-8-18(30-20)12-22-24-21(27)16-4-3-5-17(10-16)23-14(2)26/h3-12H,1-2H3,(H,23,26)(H,24,27). The molecule has 2 aromatic carbocycles. The minimum Gasteiger partial charge on any atom is -0.455 e. The molecule has 0 unspecified atom stereocenters. The van der Waals surface area contributed by atoms with Gasteiger partial charge in [-0.3, -0.25) is 19.7 Å². The first kappa shape index (κ1) is 20.5. The van der Waals surface area contributed by atoms with Gasteiger partial charge >= 0.3 is 0 Å². The number of nitrogens with one attached hydrogen (secondary N) is 2. The molecule has 3 rings (SSSR count). The molecule has 0 aliphatic heterocycles. The first-order valence-electron chi connectivity index (χ1n) is 8.90. The molecule has 30 heavy (non-hydrogen) atoms. The van der Waals surface area contributed by atoms with Gasteiger partial charge in [0, 0.05) is 35.4 Å². The summed E-state index contributed by atoms with van der Waals surface area (Å²) in [6.07, 6.45) is 1.32. The number of rotatable bonds is 6. The van der Waals surface area contributed by atoms with Crippen LogP contribution in [0.2, 0.25) is 0 Å². The number of furan rings is 1. The zero-order valence-corrected chi connectivity index (χ0v) is 16.2. The summed E-state index contributed by atoms with van der Waals surface area (Å²) in [5.74, 6) is 0.104. The maximum atomic E-state index is 12.2. The normalized spacial score (nSPS) is 10.7. The van der Waals surface area contributed by atoms with Gasteiger partial charge in [0.15, 0.2) is 0 Å². The largest absolute Gasteiger partial charge is 0.455 e. The zero-order valence-electron chi connectivity index (χ0n) is 16.2. The van der Waals surface area contributed by atoms with Crippen LogP contribution in [-0.2, 0) is 4.79 Å². The number of hydrogen-bond donors (Lipinski definition) is 2. The van der Waals surface area contributed by atoms with E-state index in [2.05, 4.69) is 15.8 Å². The van der Waals surface area contributed by atoms with Crippen LogP contribution in [0.1, 0.15) is 28.6 Å². The van der Waals surface area contributed by atoms with E-state index in [9.17, 15) is 19.7 Å². The van der Waals surface area contributed by atoms with E-state index >= 15 is 0 Å². The van der Waals surface area contributed by atoms with E-state index in [-0.39, 0.29) is 11.6 Å². The van der Waals surface area contributed by atoms with Crippen molar-refractivity contribution in [2.75, 3.05) is 5.32 Å². The van der Waals surface area contributed by atoms with Crippen molar-refractivity contribution < 1.29 is 18.9 Å². The summed E-state index contributed by atoms with van der Waals surface area (Å²) in [6.45, 7) is 3.04. The summed E-state index contributed by atoms with van der Waals surface area (Å²) in [5.41, 5.74) is 4.33. The third-order valence-electron chi connectivity index (χ3n) is 4.12. The number of hydrogen-bond acceptors (Lipinski definition) is 6. The summed E-state index contributed by atoms with van der Waals surface area (Å²) in [5, 5.41) is 17.6. The maximum absolute atomic E-state index is 12.2. The molecule has 0 saturated heterocycles. The smallest absolute Gasteiger partial charge is 0.273 e. The molecule has 0 radical (unpaired) electrons. The molecule has 0 aliphatic carbocycles. The van der Waals surface area contributed by atoms with Crippen LogP contribution in [0.5, 0.6) is 0 Å². The van der Waals surface area contributed by atoms with Crippen molar-refractivity contribution >= 4 is 29.4 Å². The fourth-order valence-electron chi connectivity index (χ4n) is 2.70. The Balaban J connectivity index is 1.68. The lowest BCUT2D eigenvalue weighted by Gasteiger charge is -2.04. The van der Waals surface area contributed by atoms with Gasteiger partial charge in [-0.2, -0.15) is 5.10 Å². The molecule has 9 heteroatoms. The number of nitro groups is 1. The molecule has 152 valence electrons. The Morgan fingerprint density at radius 1 is 1.13 bits per heavy atom. The summed E-state index contributed by atoms with van der Waals surface area (Å²) >= 11 is 0. The monoisotopic (exact) mass is 406 g/mol. The van der Waals surface area contributed by atoms with Gasteiger partial charge in [-0.15, -0.1) is 0 Å². The first-order chi connectivity index (χ1) is 14.3. The lowest BCUT2D eigenvalue weighted by molar-refractivity contribution is -0.385. The van der Waals surface area contributed by atoms with Crippen LogP contribution in [0, 0.1) is 17.0 Å². The number of nitrogens with zero attached hydrogens (tertiary/aromatic N) is 2. The Morgan fingerprint density at radius 2 is 1.93 bits per heavy atom. The Hall–Kier alpha value is -4.27. The quantitative estimate of drug-likeness (QED) is 0.365. The number of anilines is 1. The molecule has 2 amide bonds. The zero-order chi connectivity index (χ0) is 21.7. The maximum Gasteiger partial charge on any atom is 0.273 e. The van der Waals surface area contributed by atoms with Gasteiger partial charge in [0.1, 0.15) is 11.5 Å². The summed E-state index contributed by atoms with van der Waals surface area (Å²) in [7, 11) is 0. The highest BCUT2D eigenvalue weighted by atomic mass is 16.6. The van der Waals surface area contributed by atoms with Crippen LogP contribution >= 0.6 is 0 Å². The molecule has 0 atom stereocenters. The van der Waals surface area contributed by atoms with E-state index in [1.807, 2.05) is 0 Å². The van der Waals surface area contributed by atoms with Crippen molar-refractivity contribution in [3.05, 3.63) is 81.6 Å². The average molecular weight is 406 g/mol. The predicted octanol–water partition coefficient (Wildman–Crippen LogP) is 3.89. The molecule has 1 aromatic heterocycles. The van der Waals surface area contributed by atoms with Crippen molar-refractivity contribution in [3.63, 3.8) is 0 Å². The van der Waals surface area contributed by atoms with Gasteiger partial charge in [0.05, 0.1) is 11.1 Å². The van der Waals surface area contributed by atoms with Gasteiger partial charge < -0.3 is 9.73 Å². The van der Waals surface area contributed by atoms with Gasteiger partial charge in [0.25, 0.3) is 11.6 Å². The summed E-state index contributed by atoms with van der Waals surface area (Å²) in [4.78, 5) is 34.0. The Morgan fingerprint density at radius 3 is 2.67 bits per heavy atom. The number of benzene rings is 2. The second kappa shape index (κ2) is 8.82. The highest BCUT2D eigenvalue weighted by Gasteiger charge is 2.13. The molecule has 9 nitrogen and oxygen atoms in total. The van der Waals surface area contributed by atoms with E-state index in [1.165, 1.54) is 25.3 Å². The number of carbonyl (C=O) groups is 2. The summed E-state index contributed by atoms with van der Waals surface area (Å²) in [6, 6.07) is 14.5. The highest BCUT2D eigenvalue weighted by Crippen LogP contribution is 2.27. The third-order valence-corrected chi connectivity index (χ3v) is 4.12. The Labute approximate surface area is 171 Å². The van der Waals surface area contributed by atoms with Gasteiger partial charge in [-0.1, -0.05) is 18.2 Å². The Bertz CT molecular complexity index is 1150. The van der Waals surface area contributed by atoms with E-state index in [0.29, 0.717) is 33.9 Å². The number of hydrazone groups is 1. The lowest BCUT2D eigenvalue weighted by atomic mass is 10.1. The molecule has 0 aliphatic rings. The van der Waals surface area contributed by atoms with Crippen molar-refractivity contribution in [3.8, 4) is 11.3 Å². The van der Waals surface area contributed by atoms with E-state index < -0.39 is 10.8 Å². The van der Waals surface area contributed by atoms with Crippen LogP contribution in [0.15, 0.2) is 64.1 Å². The second-order valence-corrected chi connectivity index (χ2v) is 6.42. The topological polar surface area (TPSA) is 127 Å². The van der Waals surface area contributed by atoms with Crippen molar-refractivity contribution in [1.82, 2.24) is 5.43 Å². The first-order valence-corrected chi connectivity index (χ1v) is 8.90. The highest BCUT2D eigenvalue weighted by molar-refractivity contribution is 5.97. The molecule has 1 heterocycles. The molecule has 3 aromatic rings. The van der Waals surface area contributed by atoms with Crippen molar-refractivity contribution in [2.45, 2.75) is 13.8 Å². The number of nitro benzene ring substituents is 1. The molecule has 0 saturated carbocycles. The van der Waals surface area contributed by atoms with Gasteiger partial charge in [-0.25, -0.2) is 5.43 Å². The Kier molecular flexibility index (Phi) is 6.02. The van der Waals surface area contributed by atoms with Crippen molar-refractivity contribution in [1.29, 1.82) is 0 Å². The van der Waals surface area contributed by atoms with Gasteiger partial charge in [-0.05, 0) is 37.3 Å². The van der Waals surface area contributed by atoms with E-state index in [0.717, 1.165) is 0 Å². The number of amides is 2. The molecule has 0 fully saturated rings. The van der Waals surface area contributed by atoms with Crippen LogP contribution in [0.3, 0.4) is 0 Å². The molecule has 0 spiro atoms.